The zero-order valence-electron chi connectivity index (χ0n) is 16.0. The average Bonchev–Trinajstić information content (AvgIpc) is 3.31. The lowest BCUT2D eigenvalue weighted by Crippen LogP contribution is -2.07. The largest absolute Gasteiger partial charge is 0.486 e. The van der Waals surface area contributed by atoms with Crippen LogP contribution in [-0.4, -0.2) is 24.1 Å². The molecule has 0 aliphatic rings. The number of rotatable bonds is 8. The Hall–Kier alpha value is -2.77. The van der Waals surface area contributed by atoms with Crippen molar-refractivity contribution >= 4 is 29.0 Å². The van der Waals surface area contributed by atoms with Crippen LogP contribution in [0, 0.1) is 6.92 Å². The topological polar surface area (TPSA) is 57.2 Å². The molecule has 0 N–H and O–H groups in total. The first-order chi connectivity index (χ1) is 14.1. The molecular weight excluding hydrogens is 406 g/mol. The minimum Gasteiger partial charge on any atom is -0.486 e. The predicted molar refractivity (Wildman–Crippen MR) is 115 cm³/mol. The number of hydrogen-bond acceptors (Lipinski definition) is 5. The van der Waals surface area contributed by atoms with E-state index >= 15 is 0 Å². The summed E-state index contributed by atoms with van der Waals surface area (Å²) in [6, 6.07) is 11.3. The van der Waals surface area contributed by atoms with Gasteiger partial charge in [0.15, 0.2) is 11.0 Å². The third-order valence-corrected chi connectivity index (χ3v) is 5.62. The molecule has 1 aromatic carbocycles. The first-order valence-corrected chi connectivity index (χ1v) is 10.5. The van der Waals surface area contributed by atoms with E-state index in [1.807, 2.05) is 45.6 Å². The molecule has 3 heterocycles. The van der Waals surface area contributed by atoms with Crippen molar-refractivity contribution in [3.8, 4) is 5.75 Å². The Morgan fingerprint density at radius 2 is 2.03 bits per heavy atom. The van der Waals surface area contributed by atoms with Crippen LogP contribution in [0.3, 0.4) is 0 Å². The lowest BCUT2D eigenvalue weighted by Gasteiger charge is -2.09. The molecule has 0 fully saturated rings. The number of thioether (sulfide) groups is 1. The first kappa shape index (κ1) is 19.5. The lowest BCUT2D eigenvalue weighted by molar-refractivity contribution is 0.289. The number of fused-ring (bicyclic) bond motifs is 1. The zero-order valence-corrected chi connectivity index (χ0v) is 17.5. The van der Waals surface area contributed by atoms with Crippen molar-refractivity contribution in [2.24, 2.45) is 0 Å². The van der Waals surface area contributed by atoms with Crippen molar-refractivity contribution < 1.29 is 4.74 Å². The van der Waals surface area contributed by atoms with E-state index in [2.05, 4.69) is 29.8 Å². The summed E-state index contributed by atoms with van der Waals surface area (Å²) < 4.78 is 9.88. The van der Waals surface area contributed by atoms with Gasteiger partial charge in [-0.05, 0) is 42.8 Å². The molecule has 0 aliphatic carbocycles. The second-order valence-electron chi connectivity index (χ2n) is 6.48. The molecule has 0 saturated carbocycles. The normalized spacial score (nSPS) is 11.1. The zero-order chi connectivity index (χ0) is 20.2. The predicted octanol–water partition coefficient (Wildman–Crippen LogP) is 4.94. The van der Waals surface area contributed by atoms with E-state index in [1.165, 1.54) is 0 Å². The van der Waals surface area contributed by atoms with Gasteiger partial charge < -0.3 is 9.14 Å². The van der Waals surface area contributed by atoms with Gasteiger partial charge >= 0.3 is 0 Å². The highest BCUT2D eigenvalue weighted by Gasteiger charge is 2.14. The highest BCUT2D eigenvalue weighted by molar-refractivity contribution is 7.98. The van der Waals surface area contributed by atoms with Gasteiger partial charge in [-0.1, -0.05) is 35.5 Å². The van der Waals surface area contributed by atoms with Crippen LogP contribution in [0.2, 0.25) is 5.02 Å². The smallest absolute Gasteiger partial charge is 0.191 e. The average molecular weight is 426 g/mol. The molecule has 8 heteroatoms. The van der Waals surface area contributed by atoms with Crippen LogP contribution >= 0.6 is 23.4 Å². The summed E-state index contributed by atoms with van der Waals surface area (Å²) in [5, 5.41) is 10.1. The molecule has 6 nitrogen and oxygen atoms in total. The van der Waals surface area contributed by atoms with E-state index in [0.717, 1.165) is 33.6 Å². The van der Waals surface area contributed by atoms with Crippen molar-refractivity contribution in [1.82, 2.24) is 24.1 Å². The molecule has 4 aromatic rings. The maximum atomic E-state index is 5.92. The van der Waals surface area contributed by atoms with Crippen LogP contribution in [0.5, 0.6) is 5.75 Å². The fourth-order valence-corrected chi connectivity index (χ4v) is 3.91. The van der Waals surface area contributed by atoms with Crippen LogP contribution in [-0.2, 0) is 18.9 Å². The van der Waals surface area contributed by atoms with E-state index < -0.39 is 0 Å². The fourth-order valence-electron chi connectivity index (χ4n) is 2.94. The molecule has 148 valence electrons. The summed E-state index contributed by atoms with van der Waals surface area (Å²) in [4.78, 5) is 4.72. The molecule has 3 aromatic heterocycles. The Morgan fingerprint density at radius 3 is 2.79 bits per heavy atom. The number of imidazole rings is 1. The van der Waals surface area contributed by atoms with Gasteiger partial charge in [0.05, 0.1) is 5.69 Å². The maximum absolute atomic E-state index is 5.92. The molecule has 0 amide bonds. The number of nitrogens with zero attached hydrogens (tertiary/aromatic N) is 5. The molecule has 4 rings (SSSR count). The third-order valence-electron chi connectivity index (χ3n) is 4.36. The van der Waals surface area contributed by atoms with Gasteiger partial charge in [0.2, 0.25) is 0 Å². The van der Waals surface area contributed by atoms with Crippen molar-refractivity contribution in [3.63, 3.8) is 0 Å². The number of halogens is 1. The van der Waals surface area contributed by atoms with Gasteiger partial charge in [-0.15, -0.1) is 16.8 Å². The quantitative estimate of drug-likeness (QED) is 0.295. The van der Waals surface area contributed by atoms with E-state index in [1.54, 1.807) is 23.9 Å². The van der Waals surface area contributed by atoms with Gasteiger partial charge in [-0.2, -0.15) is 0 Å². The Labute approximate surface area is 178 Å². The summed E-state index contributed by atoms with van der Waals surface area (Å²) in [6.45, 7) is 6.83. The van der Waals surface area contributed by atoms with Gasteiger partial charge in [-0.3, -0.25) is 4.57 Å². The number of pyridine rings is 1. The van der Waals surface area contributed by atoms with Crippen molar-refractivity contribution in [1.29, 1.82) is 0 Å². The summed E-state index contributed by atoms with van der Waals surface area (Å²) in [5.41, 5.74) is 3.13. The SMILES string of the molecule is C=CCn1c(COc2ccc(Cl)cc2)nnc1SCc1cn2cccc(C)c2n1. The summed E-state index contributed by atoms with van der Waals surface area (Å²) >= 11 is 7.51. The Morgan fingerprint density at radius 1 is 1.21 bits per heavy atom. The minimum absolute atomic E-state index is 0.316. The molecule has 0 bridgehead atoms. The molecule has 0 radical (unpaired) electrons. The van der Waals surface area contributed by atoms with Crippen molar-refractivity contribution in [3.05, 3.63) is 83.6 Å². The molecule has 0 saturated heterocycles. The van der Waals surface area contributed by atoms with Crippen LogP contribution in [0.25, 0.3) is 5.65 Å². The summed E-state index contributed by atoms with van der Waals surface area (Å²) in [6.07, 6.45) is 5.89. The highest BCUT2D eigenvalue weighted by atomic mass is 35.5. The van der Waals surface area contributed by atoms with E-state index in [9.17, 15) is 0 Å². The number of aryl methyl sites for hydroxylation is 1. The molecular formula is C21H20ClN5OS. The molecule has 0 unspecified atom stereocenters. The molecule has 0 spiro atoms. The van der Waals surface area contributed by atoms with Gasteiger partial charge in [0.25, 0.3) is 0 Å². The lowest BCUT2D eigenvalue weighted by atomic mass is 10.3. The Bertz CT molecular complexity index is 1140. The van der Waals surface area contributed by atoms with Crippen LogP contribution in [0.15, 0.2) is 66.6 Å². The molecule has 29 heavy (non-hydrogen) atoms. The second kappa shape index (κ2) is 8.71. The second-order valence-corrected chi connectivity index (χ2v) is 7.86. The first-order valence-electron chi connectivity index (χ1n) is 9.11. The summed E-state index contributed by atoms with van der Waals surface area (Å²) in [5.74, 6) is 2.18. The van der Waals surface area contributed by atoms with E-state index in [0.29, 0.717) is 23.9 Å². The number of benzene rings is 1. The van der Waals surface area contributed by atoms with Crippen LogP contribution in [0.4, 0.5) is 0 Å². The standard InChI is InChI=1S/C21H20ClN5OS/c1-3-10-27-19(13-28-18-8-6-16(22)7-9-18)24-25-21(27)29-14-17-12-26-11-4-5-15(2)20(26)23-17/h3-9,11-12H,1,10,13-14H2,2H3. The van der Waals surface area contributed by atoms with Crippen molar-refractivity contribution in [2.45, 2.75) is 31.0 Å². The Balaban J connectivity index is 1.47. The van der Waals surface area contributed by atoms with Gasteiger partial charge in [0, 0.05) is 29.7 Å². The minimum atomic E-state index is 0.316. The number of hydrogen-bond donors (Lipinski definition) is 0. The van der Waals surface area contributed by atoms with Gasteiger partial charge in [-0.25, -0.2) is 4.98 Å². The fraction of sp³-hybridized carbons (Fsp3) is 0.190. The highest BCUT2D eigenvalue weighted by Crippen LogP contribution is 2.23. The maximum Gasteiger partial charge on any atom is 0.191 e. The van der Waals surface area contributed by atoms with Crippen LogP contribution in [0.1, 0.15) is 17.1 Å². The van der Waals surface area contributed by atoms with Crippen molar-refractivity contribution in [2.75, 3.05) is 0 Å². The monoisotopic (exact) mass is 425 g/mol. The van der Waals surface area contributed by atoms with Crippen LogP contribution < -0.4 is 4.74 Å². The third kappa shape index (κ3) is 4.46. The Kier molecular flexibility index (Phi) is 5.87. The molecule has 0 atom stereocenters. The summed E-state index contributed by atoms with van der Waals surface area (Å²) in [7, 11) is 0. The molecule has 0 aliphatic heterocycles. The number of allylic oxidation sites excluding steroid dienone is 1. The van der Waals surface area contributed by atoms with E-state index in [4.69, 9.17) is 21.3 Å². The number of aromatic nitrogens is 5. The van der Waals surface area contributed by atoms with Gasteiger partial charge in [0.1, 0.15) is 18.0 Å². The van der Waals surface area contributed by atoms with E-state index in [-0.39, 0.29) is 0 Å². The number of ether oxygens (including phenoxy) is 1.